The second-order valence-corrected chi connectivity index (χ2v) is 5.44. The first kappa shape index (κ1) is 17.6. The monoisotopic (exact) mass is 373 g/mol. The van der Waals surface area contributed by atoms with E-state index in [-0.39, 0.29) is 39.8 Å². The molecule has 7 nitrogen and oxygen atoms in total. The number of nitrogens with zero attached hydrogens (tertiary/aromatic N) is 1. The summed E-state index contributed by atoms with van der Waals surface area (Å²) in [4.78, 5) is 39.9. The van der Waals surface area contributed by atoms with Gasteiger partial charge in [-0.2, -0.15) is 0 Å². The van der Waals surface area contributed by atoms with Crippen molar-refractivity contribution in [2.45, 2.75) is 6.92 Å². The second-order valence-electron chi connectivity index (χ2n) is 5.08. The quantitative estimate of drug-likeness (QED) is 0.393. The van der Waals surface area contributed by atoms with Gasteiger partial charge in [-0.1, -0.05) is 11.6 Å². The van der Waals surface area contributed by atoms with Crippen LogP contribution in [0.15, 0.2) is 51.8 Å². The Kier molecular flexibility index (Phi) is 4.99. The first-order chi connectivity index (χ1) is 12.5. The summed E-state index contributed by atoms with van der Waals surface area (Å²) >= 11 is 5.86. The van der Waals surface area contributed by atoms with Crippen molar-refractivity contribution in [2.75, 3.05) is 6.61 Å². The van der Waals surface area contributed by atoms with Gasteiger partial charge in [0.2, 0.25) is 5.76 Å². The maximum absolute atomic E-state index is 12.2. The van der Waals surface area contributed by atoms with E-state index in [4.69, 9.17) is 25.5 Å². The lowest BCUT2D eigenvalue weighted by Gasteiger charge is -2.07. The van der Waals surface area contributed by atoms with Crippen molar-refractivity contribution in [1.29, 1.82) is 0 Å². The predicted octanol–water partition coefficient (Wildman–Crippen LogP) is 3.24. The summed E-state index contributed by atoms with van der Waals surface area (Å²) < 4.78 is 15.5. The maximum atomic E-state index is 12.2. The van der Waals surface area contributed by atoms with Crippen molar-refractivity contribution < 1.29 is 23.5 Å². The van der Waals surface area contributed by atoms with Crippen LogP contribution in [-0.2, 0) is 4.74 Å². The van der Waals surface area contributed by atoms with Crippen LogP contribution in [0.5, 0.6) is 5.75 Å². The fourth-order valence-electron chi connectivity index (χ4n) is 2.20. The summed E-state index contributed by atoms with van der Waals surface area (Å²) in [5, 5.41) is 0.242. The lowest BCUT2D eigenvalue weighted by atomic mass is 10.2. The standard InChI is InChI=1S/C18H12ClNO6/c1-2-24-18(23)15-9-13(21)11-6-5-10(8-14(11)26-15)25-17(22)12-4-3-7-20-16(12)19/h3-9H,2H2,1H3. The molecule has 8 heteroatoms. The molecule has 0 aliphatic carbocycles. The highest BCUT2D eigenvalue weighted by molar-refractivity contribution is 6.32. The molecule has 0 atom stereocenters. The minimum Gasteiger partial charge on any atom is -0.460 e. The Balaban J connectivity index is 1.95. The fourth-order valence-corrected chi connectivity index (χ4v) is 2.40. The number of esters is 2. The van der Waals surface area contributed by atoms with Gasteiger partial charge in [0, 0.05) is 18.3 Å². The molecule has 0 fully saturated rings. The lowest BCUT2D eigenvalue weighted by Crippen LogP contribution is -2.11. The molecule has 3 rings (SSSR count). The van der Waals surface area contributed by atoms with Gasteiger partial charge in [-0.3, -0.25) is 4.79 Å². The van der Waals surface area contributed by atoms with Gasteiger partial charge in [-0.15, -0.1) is 0 Å². The molecule has 0 saturated heterocycles. The molecule has 3 aromatic rings. The summed E-state index contributed by atoms with van der Waals surface area (Å²) in [6, 6.07) is 8.28. The van der Waals surface area contributed by atoms with E-state index < -0.39 is 17.4 Å². The molecular formula is C18H12ClNO6. The third-order valence-electron chi connectivity index (χ3n) is 3.37. The van der Waals surface area contributed by atoms with Gasteiger partial charge < -0.3 is 13.9 Å². The summed E-state index contributed by atoms with van der Waals surface area (Å²) in [6.07, 6.45) is 1.45. The molecule has 0 saturated carbocycles. The van der Waals surface area contributed by atoms with E-state index >= 15 is 0 Å². The molecule has 1 aromatic carbocycles. The van der Waals surface area contributed by atoms with Crippen LogP contribution in [0.25, 0.3) is 11.0 Å². The number of hydrogen-bond acceptors (Lipinski definition) is 7. The van der Waals surface area contributed by atoms with Crippen LogP contribution in [0.3, 0.4) is 0 Å². The Hall–Kier alpha value is -3.19. The fraction of sp³-hybridized carbons (Fsp3) is 0.111. The molecule has 0 amide bonds. The van der Waals surface area contributed by atoms with Crippen LogP contribution in [0.4, 0.5) is 0 Å². The van der Waals surface area contributed by atoms with Crippen LogP contribution in [0.1, 0.15) is 27.8 Å². The summed E-state index contributed by atoms with van der Waals surface area (Å²) in [5.41, 5.74) is -0.235. The number of benzene rings is 1. The zero-order valence-electron chi connectivity index (χ0n) is 13.5. The first-order valence-corrected chi connectivity index (χ1v) is 7.95. The van der Waals surface area contributed by atoms with E-state index in [1.165, 1.54) is 30.5 Å². The van der Waals surface area contributed by atoms with E-state index in [2.05, 4.69) is 4.98 Å². The number of carbonyl (C=O) groups excluding carboxylic acids is 2. The Labute approximate surface area is 152 Å². The molecule has 2 aromatic heterocycles. The molecule has 0 aliphatic heterocycles. The summed E-state index contributed by atoms with van der Waals surface area (Å²) in [6.45, 7) is 1.78. The van der Waals surface area contributed by atoms with Crippen LogP contribution in [-0.4, -0.2) is 23.5 Å². The Morgan fingerprint density at radius 1 is 1.19 bits per heavy atom. The van der Waals surface area contributed by atoms with Gasteiger partial charge in [0.05, 0.1) is 17.6 Å². The third-order valence-corrected chi connectivity index (χ3v) is 3.67. The minimum atomic E-state index is -0.754. The van der Waals surface area contributed by atoms with E-state index in [0.29, 0.717) is 0 Å². The Morgan fingerprint density at radius 3 is 2.73 bits per heavy atom. The maximum Gasteiger partial charge on any atom is 0.374 e. The van der Waals surface area contributed by atoms with E-state index in [0.717, 1.165) is 6.07 Å². The number of aromatic nitrogens is 1. The average molecular weight is 374 g/mol. The Morgan fingerprint density at radius 2 is 2.00 bits per heavy atom. The highest BCUT2D eigenvalue weighted by Gasteiger charge is 2.16. The first-order valence-electron chi connectivity index (χ1n) is 7.57. The number of halogens is 1. The van der Waals surface area contributed by atoms with Gasteiger partial charge in [-0.05, 0) is 31.2 Å². The molecule has 0 aliphatic rings. The minimum absolute atomic E-state index is 0.00872. The molecule has 0 N–H and O–H groups in total. The molecule has 0 spiro atoms. The number of ether oxygens (including phenoxy) is 2. The van der Waals surface area contributed by atoms with Crippen molar-refractivity contribution in [2.24, 2.45) is 0 Å². The van der Waals surface area contributed by atoms with Crippen molar-refractivity contribution in [3.8, 4) is 5.75 Å². The van der Waals surface area contributed by atoms with Gasteiger partial charge in [0.1, 0.15) is 16.5 Å². The van der Waals surface area contributed by atoms with E-state index in [1.54, 1.807) is 13.0 Å². The van der Waals surface area contributed by atoms with Crippen LogP contribution < -0.4 is 10.2 Å². The third kappa shape index (κ3) is 3.57. The Bertz CT molecular complexity index is 1060. The normalized spacial score (nSPS) is 10.5. The highest BCUT2D eigenvalue weighted by Crippen LogP contribution is 2.22. The van der Waals surface area contributed by atoms with E-state index in [1.807, 2.05) is 0 Å². The predicted molar refractivity (Wildman–Crippen MR) is 92.6 cm³/mol. The molecule has 132 valence electrons. The molecule has 0 bridgehead atoms. The average Bonchev–Trinajstić information content (AvgIpc) is 2.62. The smallest absolute Gasteiger partial charge is 0.374 e. The van der Waals surface area contributed by atoms with Gasteiger partial charge in [0.25, 0.3) is 0 Å². The summed E-state index contributed by atoms with van der Waals surface area (Å²) in [7, 11) is 0. The molecule has 0 radical (unpaired) electrons. The van der Waals surface area contributed by atoms with Crippen molar-refractivity contribution in [3.63, 3.8) is 0 Å². The largest absolute Gasteiger partial charge is 0.460 e. The lowest BCUT2D eigenvalue weighted by molar-refractivity contribution is 0.0490. The van der Waals surface area contributed by atoms with Crippen molar-refractivity contribution in [1.82, 2.24) is 4.98 Å². The van der Waals surface area contributed by atoms with Crippen LogP contribution >= 0.6 is 11.6 Å². The van der Waals surface area contributed by atoms with E-state index in [9.17, 15) is 14.4 Å². The zero-order chi connectivity index (χ0) is 18.7. The van der Waals surface area contributed by atoms with Gasteiger partial charge >= 0.3 is 11.9 Å². The molecule has 26 heavy (non-hydrogen) atoms. The highest BCUT2D eigenvalue weighted by atomic mass is 35.5. The SMILES string of the molecule is CCOC(=O)c1cc(=O)c2ccc(OC(=O)c3cccnc3Cl)cc2o1. The number of hydrogen-bond donors (Lipinski definition) is 0. The molecule has 0 unspecified atom stereocenters. The topological polar surface area (TPSA) is 95.7 Å². The molecule has 2 heterocycles. The number of pyridine rings is 1. The van der Waals surface area contributed by atoms with Crippen LogP contribution in [0, 0.1) is 0 Å². The van der Waals surface area contributed by atoms with Crippen molar-refractivity contribution >= 4 is 34.5 Å². The number of fused-ring (bicyclic) bond motifs is 1. The molecular weight excluding hydrogens is 362 g/mol. The van der Waals surface area contributed by atoms with Crippen LogP contribution in [0.2, 0.25) is 5.15 Å². The number of carbonyl (C=O) groups is 2. The number of rotatable bonds is 4. The van der Waals surface area contributed by atoms with Gasteiger partial charge in [-0.25, -0.2) is 14.6 Å². The van der Waals surface area contributed by atoms with Gasteiger partial charge in [0.15, 0.2) is 5.43 Å². The van der Waals surface area contributed by atoms with Crippen molar-refractivity contribution in [3.05, 3.63) is 69.3 Å². The second kappa shape index (κ2) is 7.37. The zero-order valence-corrected chi connectivity index (χ0v) is 14.3. The summed E-state index contributed by atoms with van der Waals surface area (Å²) in [5.74, 6) is -1.59.